The summed E-state index contributed by atoms with van der Waals surface area (Å²) >= 11 is 0. The lowest BCUT2D eigenvalue weighted by Gasteiger charge is -2.22. The number of carbonyl (C=O) groups is 3. The van der Waals surface area contributed by atoms with Gasteiger partial charge in [0.05, 0.1) is 26.4 Å². The second-order valence-corrected chi connectivity index (χ2v) is 5.98. The number of Topliss-reactive ketones (excluding diaryl/α,β-unsaturated/α-hetero) is 1. The van der Waals surface area contributed by atoms with Crippen molar-refractivity contribution in [2.45, 2.75) is 39.2 Å². The molecule has 0 aromatic heterocycles. The highest BCUT2D eigenvalue weighted by Gasteiger charge is 2.50. The van der Waals surface area contributed by atoms with Crippen LogP contribution in [-0.4, -0.2) is 37.5 Å². The quantitative estimate of drug-likeness (QED) is 0.367. The van der Waals surface area contributed by atoms with Crippen molar-refractivity contribution in [2.75, 3.05) is 19.8 Å². The maximum Gasteiger partial charge on any atom is 0.319 e. The van der Waals surface area contributed by atoms with Gasteiger partial charge in [-0.25, -0.2) is 0 Å². The van der Waals surface area contributed by atoms with Gasteiger partial charge in [-0.1, -0.05) is 30.3 Å². The molecule has 6 nitrogen and oxygen atoms in total. The summed E-state index contributed by atoms with van der Waals surface area (Å²) in [6, 6.07) is 9.64. The van der Waals surface area contributed by atoms with Crippen molar-refractivity contribution in [3.05, 3.63) is 35.9 Å². The minimum atomic E-state index is -1.23. The number of esters is 2. The van der Waals surface area contributed by atoms with E-state index in [1.54, 1.807) is 6.92 Å². The van der Waals surface area contributed by atoms with Crippen LogP contribution in [-0.2, 0) is 35.2 Å². The SMILES string of the molecule is CCOC(=O)CCC1(C(=O)CCOCc2ccccc2)CCOC1=O. The zero-order valence-electron chi connectivity index (χ0n) is 14.5. The molecule has 0 aliphatic carbocycles. The first-order valence-corrected chi connectivity index (χ1v) is 8.56. The van der Waals surface area contributed by atoms with E-state index in [9.17, 15) is 14.4 Å². The Morgan fingerprint density at radius 2 is 1.96 bits per heavy atom. The van der Waals surface area contributed by atoms with E-state index in [1.165, 1.54) is 0 Å². The van der Waals surface area contributed by atoms with Crippen molar-refractivity contribution < 1.29 is 28.6 Å². The van der Waals surface area contributed by atoms with E-state index < -0.39 is 17.4 Å². The molecule has 0 radical (unpaired) electrons. The van der Waals surface area contributed by atoms with Crippen molar-refractivity contribution in [2.24, 2.45) is 5.41 Å². The van der Waals surface area contributed by atoms with Crippen molar-refractivity contribution in [1.82, 2.24) is 0 Å². The van der Waals surface area contributed by atoms with Gasteiger partial charge in [-0.3, -0.25) is 14.4 Å². The monoisotopic (exact) mass is 348 g/mol. The summed E-state index contributed by atoms with van der Waals surface area (Å²) in [5, 5.41) is 0. The highest BCUT2D eigenvalue weighted by Crippen LogP contribution is 2.37. The van der Waals surface area contributed by atoms with Crippen LogP contribution in [0.5, 0.6) is 0 Å². The minimum absolute atomic E-state index is 0.0273. The van der Waals surface area contributed by atoms with Gasteiger partial charge in [0, 0.05) is 19.3 Å². The molecule has 1 atom stereocenters. The molecule has 1 aromatic rings. The zero-order valence-corrected chi connectivity index (χ0v) is 14.5. The molecule has 1 aliphatic rings. The topological polar surface area (TPSA) is 78.9 Å². The van der Waals surface area contributed by atoms with Crippen LogP contribution < -0.4 is 0 Å². The fraction of sp³-hybridized carbons (Fsp3) is 0.526. The second-order valence-electron chi connectivity index (χ2n) is 5.98. The van der Waals surface area contributed by atoms with Gasteiger partial charge in [0.2, 0.25) is 0 Å². The fourth-order valence-corrected chi connectivity index (χ4v) is 2.89. The van der Waals surface area contributed by atoms with E-state index in [0.29, 0.717) is 13.0 Å². The van der Waals surface area contributed by atoms with E-state index in [4.69, 9.17) is 14.2 Å². The van der Waals surface area contributed by atoms with E-state index in [2.05, 4.69) is 0 Å². The third kappa shape index (κ3) is 5.13. The summed E-state index contributed by atoms with van der Waals surface area (Å²) in [5.74, 6) is -1.17. The molecule has 25 heavy (non-hydrogen) atoms. The van der Waals surface area contributed by atoms with Crippen LogP contribution in [0.2, 0.25) is 0 Å². The number of ketones is 1. The summed E-state index contributed by atoms with van der Waals surface area (Å²) in [6.45, 7) is 2.83. The van der Waals surface area contributed by atoms with Gasteiger partial charge in [-0.05, 0) is 18.9 Å². The highest BCUT2D eigenvalue weighted by molar-refractivity contribution is 6.05. The molecule has 0 saturated carbocycles. The molecule has 1 fully saturated rings. The fourth-order valence-electron chi connectivity index (χ4n) is 2.89. The molecule has 1 heterocycles. The number of rotatable bonds is 10. The van der Waals surface area contributed by atoms with Gasteiger partial charge >= 0.3 is 11.9 Å². The molecule has 1 saturated heterocycles. The van der Waals surface area contributed by atoms with Gasteiger partial charge in [0.25, 0.3) is 0 Å². The molecule has 1 aliphatic heterocycles. The van der Waals surface area contributed by atoms with E-state index in [-0.39, 0.29) is 44.9 Å². The highest BCUT2D eigenvalue weighted by atomic mass is 16.5. The number of cyclic esters (lactones) is 1. The third-order valence-corrected chi connectivity index (χ3v) is 4.33. The van der Waals surface area contributed by atoms with E-state index in [0.717, 1.165) is 5.56 Å². The molecule has 0 spiro atoms. The van der Waals surface area contributed by atoms with Gasteiger partial charge in [0.1, 0.15) is 5.41 Å². The lowest BCUT2D eigenvalue weighted by atomic mass is 9.77. The number of ether oxygens (including phenoxy) is 3. The first kappa shape index (κ1) is 19.1. The lowest BCUT2D eigenvalue weighted by molar-refractivity contribution is -0.153. The van der Waals surface area contributed by atoms with Crippen LogP contribution >= 0.6 is 0 Å². The van der Waals surface area contributed by atoms with Gasteiger partial charge in [-0.2, -0.15) is 0 Å². The van der Waals surface area contributed by atoms with Crippen LogP contribution in [0.15, 0.2) is 30.3 Å². The minimum Gasteiger partial charge on any atom is -0.466 e. The first-order chi connectivity index (χ1) is 12.1. The predicted molar refractivity (Wildman–Crippen MR) is 89.6 cm³/mol. The third-order valence-electron chi connectivity index (χ3n) is 4.33. The Bertz CT molecular complexity index is 597. The Hall–Kier alpha value is -2.21. The van der Waals surface area contributed by atoms with E-state index in [1.807, 2.05) is 30.3 Å². The second kappa shape index (κ2) is 9.32. The van der Waals surface area contributed by atoms with Crippen LogP contribution in [0.1, 0.15) is 38.2 Å². The molecule has 1 aromatic carbocycles. The van der Waals surface area contributed by atoms with Crippen molar-refractivity contribution in [3.63, 3.8) is 0 Å². The standard InChI is InChI=1S/C19H24O6/c1-2-24-17(21)8-10-19(11-13-25-18(19)22)16(20)9-12-23-14-15-6-4-3-5-7-15/h3-7H,2,8-14H2,1H3. The van der Waals surface area contributed by atoms with Crippen LogP contribution in [0, 0.1) is 5.41 Å². The molecule has 1 unspecified atom stereocenters. The van der Waals surface area contributed by atoms with Crippen molar-refractivity contribution >= 4 is 17.7 Å². The number of benzene rings is 1. The Morgan fingerprint density at radius 3 is 2.60 bits per heavy atom. The number of hydrogen-bond donors (Lipinski definition) is 0. The molecular formula is C19H24O6. The Kier molecular flexibility index (Phi) is 7.13. The Balaban J connectivity index is 1.85. The van der Waals surface area contributed by atoms with Crippen LogP contribution in [0.4, 0.5) is 0 Å². The normalized spacial score (nSPS) is 19.5. The summed E-state index contributed by atoms with van der Waals surface area (Å²) in [5.41, 5.74) is -0.213. The zero-order chi connectivity index (χ0) is 18.1. The largest absolute Gasteiger partial charge is 0.466 e. The van der Waals surface area contributed by atoms with Crippen LogP contribution in [0.25, 0.3) is 0 Å². The average molecular weight is 348 g/mol. The van der Waals surface area contributed by atoms with Crippen molar-refractivity contribution in [3.8, 4) is 0 Å². The number of carbonyl (C=O) groups excluding carboxylic acids is 3. The maximum absolute atomic E-state index is 12.6. The Morgan fingerprint density at radius 1 is 1.20 bits per heavy atom. The van der Waals surface area contributed by atoms with E-state index >= 15 is 0 Å². The molecule has 0 amide bonds. The smallest absolute Gasteiger partial charge is 0.319 e. The summed E-state index contributed by atoms with van der Waals surface area (Å²) in [4.78, 5) is 36.3. The average Bonchev–Trinajstić information content (AvgIpc) is 3.00. The molecule has 0 bridgehead atoms. The van der Waals surface area contributed by atoms with Gasteiger partial charge in [-0.15, -0.1) is 0 Å². The predicted octanol–water partition coefficient (Wildman–Crippen LogP) is 2.44. The lowest BCUT2D eigenvalue weighted by Crippen LogP contribution is -2.37. The first-order valence-electron chi connectivity index (χ1n) is 8.56. The summed E-state index contributed by atoms with van der Waals surface area (Å²) < 4.78 is 15.4. The maximum atomic E-state index is 12.6. The van der Waals surface area contributed by atoms with Gasteiger partial charge in [0.15, 0.2) is 5.78 Å². The van der Waals surface area contributed by atoms with Crippen LogP contribution in [0.3, 0.4) is 0 Å². The Labute approximate surface area is 147 Å². The molecular weight excluding hydrogens is 324 g/mol. The molecule has 136 valence electrons. The molecule has 6 heteroatoms. The summed E-state index contributed by atoms with van der Waals surface area (Å²) in [7, 11) is 0. The van der Waals surface area contributed by atoms with Gasteiger partial charge < -0.3 is 14.2 Å². The summed E-state index contributed by atoms with van der Waals surface area (Å²) in [6.07, 6.45) is 0.579. The number of hydrogen-bond acceptors (Lipinski definition) is 6. The molecule has 2 rings (SSSR count). The van der Waals surface area contributed by atoms with Crippen molar-refractivity contribution in [1.29, 1.82) is 0 Å². The molecule has 0 N–H and O–H groups in total.